The highest BCUT2D eigenvalue weighted by molar-refractivity contribution is 6.08. The number of hydrogen-bond donors (Lipinski definition) is 0. The lowest BCUT2D eigenvalue weighted by Crippen LogP contribution is -2.02. The van der Waals surface area contributed by atoms with Crippen LogP contribution in [-0.2, 0) is 11.1 Å². The summed E-state index contributed by atoms with van der Waals surface area (Å²) in [5.74, 6) is -0.383. The van der Waals surface area contributed by atoms with E-state index in [0.717, 1.165) is 5.69 Å². The number of rotatable bonds is 2. The largest absolute Gasteiger partial charge is 0.465 e. The van der Waals surface area contributed by atoms with E-state index in [1.165, 1.54) is 13.3 Å². The van der Waals surface area contributed by atoms with Crippen LogP contribution in [0.1, 0.15) is 16.1 Å². The van der Waals surface area contributed by atoms with Crippen LogP contribution in [0.3, 0.4) is 0 Å². The zero-order chi connectivity index (χ0) is 8.97. The summed E-state index contributed by atoms with van der Waals surface area (Å²) in [4.78, 5) is 14.9. The highest BCUT2D eigenvalue weighted by atomic mass is 16.5. The molecule has 0 N–H and O–H groups in total. The Hall–Kier alpha value is -1.32. The van der Waals surface area contributed by atoms with Crippen molar-refractivity contribution >= 4 is 13.8 Å². The molecule has 0 aliphatic carbocycles. The number of esters is 1. The molecule has 0 amide bonds. The average molecular weight is 161 g/mol. The molecule has 0 fully saturated rings. The first kappa shape index (κ1) is 8.78. The van der Waals surface area contributed by atoms with Crippen molar-refractivity contribution in [3.05, 3.63) is 29.6 Å². The summed E-state index contributed by atoms with van der Waals surface area (Å²) in [6.07, 6.45) is 1.83. The van der Waals surface area contributed by atoms with Gasteiger partial charge in [0.15, 0.2) is 0 Å². The molecule has 0 spiro atoms. The molecule has 12 heavy (non-hydrogen) atoms. The van der Waals surface area contributed by atoms with E-state index in [1.807, 2.05) is 0 Å². The molecule has 4 heteroatoms. The smallest absolute Gasteiger partial charge is 0.339 e. The van der Waals surface area contributed by atoms with Crippen molar-refractivity contribution in [3.8, 4) is 0 Å². The molecule has 0 unspecified atom stereocenters. The van der Waals surface area contributed by atoms with Crippen molar-refractivity contribution in [1.29, 1.82) is 0 Å². The molecule has 0 aliphatic heterocycles. The summed E-state index contributed by atoms with van der Waals surface area (Å²) in [5.41, 5.74) is 1.19. The molecule has 0 saturated carbocycles. The second-order valence-electron chi connectivity index (χ2n) is 2.23. The van der Waals surface area contributed by atoms with Crippen molar-refractivity contribution in [2.24, 2.45) is 0 Å². The van der Waals surface area contributed by atoms with Crippen molar-refractivity contribution in [1.82, 2.24) is 4.98 Å². The van der Waals surface area contributed by atoms with E-state index in [0.29, 0.717) is 11.9 Å². The van der Waals surface area contributed by atoms with Gasteiger partial charge in [0.25, 0.3) is 0 Å². The monoisotopic (exact) mass is 161 g/mol. The van der Waals surface area contributed by atoms with Crippen molar-refractivity contribution in [2.45, 2.75) is 6.32 Å². The van der Waals surface area contributed by atoms with Crippen LogP contribution in [0.5, 0.6) is 0 Å². The zero-order valence-corrected chi connectivity index (χ0v) is 6.78. The molecule has 2 radical (unpaired) electrons. The molecule has 3 nitrogen and oxygen atoms in total. The van der Waals surface area contributed by atoms with Gasteiger partial charge in [-0.2, -0.15) is 0 Å². The number of aromatic nitrogens is 1. The Morgan fingerprint density at radius 3 is 2.83 bits per heavy atom. The van der Waals surface area contributed by atoms with Gasteiger partial charge < -0.3 is 4.74 Å². The van der Waals surface area contributed by atoms with Crippen LogP contribution in [-0.4, -0.2) is 25.9 Å². The van der Waals surface area contributed by atoms with E-state index in [-0.39, 0.29) is 5.97 Å². The van der Waals surface area contributed by atoms with Crippen molar-refractivity contribution in [2.75, 3.05) is 7.11 Å². The first-order valence-electron chi connectivity index (χ1n) is 3.51. The maximum Gasteiger partial charge on any atom is 0.339 e. The zero-order valence-electron chi connectivity index (χ0n) is 6.78. The van der Waals surface area contributed by atoms with Gasteiger partial charge in [0, 0.05) is 11.9 Å². The topological polar surface area (TPSA) is 39.2 Å². The molecule has 0 saturated heterocycles. The van der Waals surface area contributed by atoms with Gasteiger partial charge in [0.2, 0.25) is 0 Å². The molecule has 0 atom stereocenters. The predicted molar refractivity (Wildman–Crippen MR) is 45.0 cm³/mol. The van der Waals surface area contributed by atoms with Gasteiger partial charge in [-0.05, 0) is 18.5 Å². The molecule has 1 heterocycles. The van der Waals surface area contributed by atoms with Gasteiger partial charge in [0.1, 0.15) is 0 Å². The third-order valence-electron chi connectivity index (χ3n) is 1.45. The van der Waals surface area contributed by atoms with Crippen LogP contribution >= 0.6 is 0 Å². The van der Waals surface area contributed by atoms with Crippen molar-refractivity contribution in [3.63, 3.8) is 0 Å². The second kappa shape index (κ2) is 3.90. The maximum absolute atomic E-state index is 10.9. The van der Waals surface area contributed by atoms with Gasteiger partial charge in [-0.25, -0.2) is 4.79 Å². The highest BCUT2D eigenvalue weighted by Gasteiger charge is 2.03. The van der Waals surface area contributed by atoms with Gasteiger partial charge in [0.05, 0.1) is 20.5 Å². The molecular weight excluding hydrogens is 153 g/mol. The van der Waals surface area contributed by atoms with Crippen LogP contribution < -0.4 is 0 Å². The fraction of sp³-hybridized carbons (Fsp3) is 0.250. The van der Waals surface area contributed by atoms with Crippen molar-refractivity contribution < 1.29 is 9.53 Å². The normalized spacial score (nSPS) is 9.42. The third kappa shape index (κ3) is 1.84. The highest BCUT2D eigenvalue weighted by Crippen LogP contribution is 2.01. The summed E-state index contributed by atoms with van der Waals surface area (Å²) in [5, 5.41) is 0. The molecule has 0 aliphatic rings. The number of ether oxygens (including phenoxy) is 1. The molecular formula is C8H8BNO2. The number of pyridine rings is 1. The van der Waals surface area contributed by atoms with E-state index >= 15 is 0 Å². The minimum Gasteiger partial charge on any atom is -0.465 e. The van der Waals surface area contributed by atoms with Crippen LogP contribution in [0.15, 0.2) is 18.3 Å². The lowest BCUT2D eigenvalue weighted by molar-refractivity contribution is 0.0600. The molecule has 1 rings (SSSR count). The first-order chi connectivity index (χ1) is 5.77. The Balaban J connectivity index is 2.84. The summed E-state index contributed by atoms with van der Waals surface area (Å²) < 4.78 is 4.50. The Kier molecular flexibility index (Phi) is 2.85. The molecule has 0 bridgehead atoms. The lowest BCUT2D eigenvalue weighted by atomic mass is 10.0. The second-order valence-corrected chi connectivity index (χ2v) is 2.23. The van der Waals surface area contributed by atoms with Crippen LogP contribution in [0.4, 0.5) is 0 Å². The SMILES string of the molecule is [B]Cc1ccc(C(=O)OC)cn1. The van der Waals surface area contributed by atoms with E-state index in [1.54, 1.807) is 12.1 Å². The van der Waals surface area contributed by atoms with Crippen LogP contribution in [0, 0.1) is 0 Å². The Morgan fingerprint density at radius 2 is 2.42 bits per heavy atom. The number of nitrogens with zero attached hydrogens (tertiary/aromatic N) is 1. The van der Waals surface area contributed by atoms with E-state index in [9.17, 15) is 4.79 Å². The average Bonchev–Trinajstić information content (AvgIpc) is 2.17. The third-order valence-corrected chi connectivity index (χ3v) is 1.45. The summed E-state index contributed by atoms with van der Waals surface area (Å²) in [7, 11) is 6.66. The molecule has 60 valence electrons. The summed E-state index contributed by atoms with van der Waals surface area (Å²) in [6, 6.07) is 3.34. The summed E-state index contributed by atoms with van der Waals surface area (Å²) in [6.45, 7) is 0. The minimum atomic E-state index is -0.383. The standard InChI is InChI=1S/C8H8BNO2/c1-12-8(11)6-2-3-7(4-9)10-5-6/h2-3,5H,4H2,1H3. The number of carbonyl (C=O) groups excluding carboxylic acids is 1. The number of methoxy groups -OCH3 is 1. The van der Waals surface area contributed by atoms with Crippen LogP contribution in [0.25, 0.3) is 0 Å². The van der Waals surface area contributed by atoms with Gasteiger partial charge in [-0.15, -0.1) is 0 Å². The van der Waals surface area contributed by atoms with Gasteiger partial charge in [-0.3, -0.25) is 4.98 Å². The molecule has 1 aromatic rings. The fourth-order valence-electron chi connectivity index (χ4n) is 0.784. The first-order valence-corrected chi connectivity index (χ1v) is 3.51. The van der Waals surface area contributed by atoms with E-state index in [4.69, 9.17) is 7.85 Å². The van der Waals surface area contributed by atoms with Gasteiger partial charge in [-0.1, -0.05) is 0 Å². The number of carbonyl (C=O) groups is 1. The Morgan fingerprint density at radius 1 is 1.67 bits per heavy atom. The summed E-state index contributed by atoms with van der Waals surface area (Å²) >= 11 is 0. The minimum absolute atomic E-state index is 0.376. The lowest BCUT2D eigenvalue weighted by Gasteiger charge is -1.98. The molecule has 1 aromatic heterocycles. The van der Waals surface area contributed by atoms with Gasteiger partial charge >= 0.3 is 5.97 Å². The predicted octanol–water partition coefficient (Wildman–Crippen LogP) is 0.537. The maximum atomic E-state index is 10.9. The quantitative estimate of drug-likeness (QED) is 0.469. The molecule has 0 aromatic carbocycles. The van der Waals surface area contributed by atoms with E-state index in [2.05, 4.69) is 9.72 Å². The van der Waals surface area contributed by atoms with E-state index < -0.39 is 0 Å². The fourth-order valence-corrected chi connectivity index (χ4v) is 0.784. The Bertz CT molecular complexity index is 271. The van der Waals surface area contributed by atoms with Crippen LogP contribution in [0.2, 0.25) is 0 Å². The Labute approximate surface area is 72.2 Å². The number of hydrogen-bond acceptors (Lipinski definition) is 3.